The predicted octanol–water partition coefficient (Wildman–Crippen LogP) is 2.96. The molecule has 0 spiro atoms. The topological polar surface area (TPSA) is 45.6 Å². The van der Waals surface area contributed by atoms with Gasteiger partial charge in [0.1, 0.15) is 0 Å². The largest absolute Gasteiger partial charge is 0.345 e. The molecule has 0 bridgehead atoms. The number of hydrogen-bond acceptors (Lipinski definition) is 3. The maximum absolute atomic E-state index is 12.9. The molecule has 142 valence electrons. The smallest absolute Gasteiger partial charge is 0.225 e. The van der Waals surface area contributed by atoms with Crippen LogP contribution >= 0.6 is 0 Å². The highest BCUT2D eigenvalue weighted by Crippen LogP contribution is 2.34. The van der Waals surface area contributed by atoms with Crippen LogP contribution in [0, 0.1) is 19.8 Å². The van der Waals surface area contributed by atoms with E-state index < -0.39 is 0 Å². The number of carbonyl (C=O) groups excluding carboxylic acids is 2. The predicted molar refractivity (Wildman–Crippen MR) is 101 cm³/mol. The lowest BCUT2D eigenvalue weighted by molar-refractivity contribution is -0.134. The van der Waals surface area contributed by atoms with E-state index in [4.69, 9.17) is 0 Å². The lowest BCUT2D eigenvalue weighted by atomic mass is 10.1. The lowest BCUT2D eigenvalue weighted by Gasteiger charge is -2.34. The molecule has 2 heterocycles. The molecule has 0 unspecified atom stereocenters. The first kappa shape index (κ1) is 17.8. The number of aryl methyl sites for hydroxylation is 1. The number of aromatic nitrogens is 1. The molecule has 2 aliphatic carbocycles. The van der Waals surface area contributed by atoms with Crippen molar-refractivity contribution in [1.82, 2.24) is 14.4 Å². The van der Waals surface area contributed by atoms with Crippen molar-refractivity contribution >= 4 is 11.7 Å². The molecule has 1 amide bonds. The molecule has 1 aliphatic heterocycles. The van der Waals surface area contributed by atoms with Gasteiger partial charge in [-0.2, -0.15) is 0 Å². The van der Waals surface area contributed by atoms with Gasteiger partial charge in [-0.25, -0.2) is 0 Å². The first-order chi connectivity index (χ1) is 12.5. The molecule has 4 rings (SSSR count). The van der Waals surface area contributed by atoms with Crippen LogP contribution in [-0.2, 0) is 4.79 Å². The summed E-state index contributed by atoms with van der Waals surface area (Å²) in [6, 6.07) is 2.66. The fourth-order valence-corrected chi connectivity index (χ4v) is 4.79. The fraction of sp³-hybridized carbons (Fsp3) is 0.714. The van der Waals surface area contributed by atoms with E-state index in [0.717, 1.165) is 50.3 Å². The number of nitrogens with zero attached hydrogens (tertiary/aromatic N) is 3. The van der Waals surface area contributed by atoms with Crippen LogP contribution in [0.1, 0.15) is 66.3 Å². The average Bonchev–Trinajstić information content (AvgIpc) is 3.27. The van der Waals surface area contributed by atoms with Gasteiger partial charge in [-0.3, -0.25) is 14.5 Å². The zero-order chi connectivity index (χ0) is 18.3. The van der Waals surface area contributed by atoms with E-state index in [9.17, 15) is 9.59 Å². The van der Waals surface area contributed by atoms with Gasteiger partial charge in [0.15, 0.2) is 5.78 Å². The Morgan fingerprint density at radius 1 is 1.00 bits per heavy atom. The summed E-state index contributed by atoms with van der Waals surface area (Å²) >= 11 is 0. The third kappa shape index (κ3) is 3.46. The number of carbonyl (C=O) groups is 2. The summed E-state index contributed by atoms with van der Waals surface area (Å²) in [5.41, 5.74) is 3.26. The van der Waals surface area contributed by atoms with Gasteiger partial charge in [-0.15, -0.1) is 0 Å². The lowest BCUT2D eigenvalue weighted by Crippen LogP contribution is -2.50. The molecule has 1 aromatic heterocycles. The quantitative estimate of drug-likeness (QED) is 0.761. The van der Waals surface area contributed by atoms with Gasteiger partial charge >= 0.3 is 0 Å². The number of amides is 1. The number of rotatable bonds is 5. The van der Waals surface area contributed by atoms with E-state index in [1.54, 1.807) is 0 Å². The second-order valence-corrected chi connectivity index (χ2v) is 8.39. The Kier molecular flexibility index (Phi) is 4.91. The Labute approximate surface area is 156 Å². The molecular formula is C21H31N3O2. The number of hydrogen-bond donors (Lipinski definition) is 0. The van der Waals surface area contributed by atoms with Gasteiger partial charge in [0.2, 0.25) is 5.91 Å². The summed E-state index contributed by atoms with van der Waals surface area (Å²) in [5.74, 6) is 0.851. The average molecular weight is 357 g/mol. The van der Waals surface area contributed by atoms with Crippen molar-refractivity contribution in [3.63, 3.8) is 0 Å². The normalized spacial score (nSPS) is 22.2. The number of ketones is 1. The highest BCUT2D eigenvalue weighted by atomic mass is 16.2. The summed E-state index contributed by atoms with van der Waals surface area (Å²) in [4.78, 5) is 29.3. The van der Waals surface area contributed by atoms with Crippen LogP contribution in [-0.4, -0.2) is 58.8 Å². The summed E-state index contributed by atoms with van der Waals surface area (Å²) in [6.45, 7) is 7.86. The van der Waals surface area contributed by atoms with Crippen molar-refractivity contribution in [3.05, 3.63) is 23.0 Å². The van der Waals surface area contributed by atoms with Crippen molar-refractivity contribution < 1.29 is 9.59 Å². The van der Waals surface area contributed by atoms with Gasteiger partial charge < -0.3 is 9.47 Å². The van der Waals surface area contributed by atoms with Gasteiger partial charge in [0.05, 0.1) is 6.54 Å². The first-order valence-corrected chi connectivity index (χ1v) is 10.3. The van der Waals surface area contributed by atoms with Crippen molar-refractivity contribution in [2.24, 2.45) is 5.92 Å². The SMILES string of the molecule is Cc1cc(C(=O)CN2CCN(C(=O)C3CC3)CC2)c(C)n1C1CCCC1. The molecular weight excluding hydrogens is 326 g/mol. The molecule has 0 aromatic carbocycles. The fourth-order valence-electron chi connectivity index (χ4n) is 4.79. The molecule has 0 N–H and O–H groups in total. The van der Waals surface area contributed by atoms with E-state index in [2.05, 4.69) is 29.4 Å². The Hall–Kier alpha value is -1.62. The van der Waals surface area contributed by atoms with Gasteiger partial charge in [-0.1, -0.05) is 12.8 Å². The first-order valence-electron chi connectivity index (χ1n) is 10.3. The van der Waals surface area contributed by atoms with Gasteiger partial charge in [-0.05, 0) is 45.6 Å². The van der Waals surface area contributed by atoms with Crippen LogP contribution in [0.3, 0.4) is 0 Å². The summed E-state index contributed by atoms with van der Waals surface area (Å²) in [5, 5.41) is 0. The zero-order valence-electron chi connectivity index (χ0n) is 16.2. The molecule has 1 saturated heterocycles. The number of Topliss-reactive ketones (excluding diaryl/α,β-unsaturated/α-hetero) is 1. The van der Waals surface area contributed by atoms with Crippen LogP contribution in [0.4, 0.5) is 0 Å². The van der Waals surface area contributed by atoms with Crippen LogP contribution in [0.15, 0.2) is 6.07 Å². The maximum atomic E-state index is 12.9. The van der Waals surface area contributed by atoms with Crippen molar-refractivity contribution in [2.45, 2.75) is 58.4 Å². The van der Waals surface area contributed by atoms with Gasteiger partial charge in [0, 0.05) is 55.1 Å². The molecule has 3 fully saturated rings. The second-order valence-electron chi connectivity index (χ2n) is 8.39. The van der Waals surface area contributed by atoms with Crippen molar-refractivity contribution in [2.75, 3.05) is 32.7 Å². The highest BCUT2D eigenvalue weighted by Gasteiger charge is 2.35. The molecule has 5 nitrogen and oxygen atoms in total. The molecule has 1 aromatic rings. The third-order valence-electron chi connectivity index (χ3n) is 6.45. The Balaban J connectivity index is 1.36. The van der Waals surface area contributed by atoms with Crippen LogP contribution in [0.2, 0.25) is 0 Å². The molecule has 2 saturated carbocycles. The molecule has 26 heavy (non-hydrogen) atoms. The highest BCUT2D eigenvalue weighted by molar-refractivity contribution is 5.99. The Morgan fingerprint density at radius 3 is 2.27 bits per heavy atom. The minimum Gasteiger partial charge on any atom is -0.345 e. The van der Waals surface area contributed by atoms with E-state index in [1.165, 1.54) is 31.4 Å². The van der Waals surface area contributed by atoms with Crippen molar-refractivity contribution in [1.29, 1.82) is 0 Å². The standard InChI is InChI=1S/C21H31N3O2/c1-15-13-19(16(2)24(15)18-5-3-4-6-18)20(25)14-22-9-11-23(12-10-22)21(26)17-7-8-17/h13,17-18H,3-12,14H2,1-2H3. The summed E-state index contributed by atoms with van der Waals surface area (Å²) in [6.07, 6.45) is 7.20. The minimum absolute atomic E-state index is 0.226. The van der Waals surface area contributed by atoms with E-state index in [0.29, 0.717) is 24.4 Å². The van der Waals surface area contributed by atoms with Crippen molar-refractivity contribution in [3.8, 4) is 0 Å². The zero-order valence-corrected chi connectivity index (χ0v) is 16.2. The van der Waals surface area contributed by atoms with Crippen LogP contribution in [0.25, 0.3) is 0 Å². The molecule has 0 atom stereocenters. The van der Waals surface area contributed by atoms with E-state index in [1.807, 2.05) is 4.90 Å². The Morgan fingerprint density at radius 2 is 1.65 bits per heavy atom. The van der Waals surface area contributed by atoms with Gasteiger partial charge in [0.25, 0.3) is 0 Å². The molecule has 0 radical (unpaired) electrons. The second kappa shape index (κ2) is 7.18. The summed E-state index contributed by atoms with van der Waals surface area (Å²) in [7, 11) is 0. The Bertz CT molecular complexity index is 690. The summed E-state index contributed by atoms with van der Waals surface area (Å²) < 4.78 is 2.40. The van der Waals surface area contributed by atoms with Crippen LogP contribution in [0.5, 0.6) is 0 Å². The third-order valence-corrected chi connectivity index (χ3v) is 6.45. The van der Waals surface area contributed by atoms with Crippen LogP contribution < -0.4 is 0 Å². The minimum atomic E-state index is 0.226. The number of piperazine rings is 1. The van der Waals surface area contributed by atoms with E-state index >= 15 is 0 Å². The monoisotopic (exact) mass is 357 g/mol. The molecule has 3 aliphatic rings. The van der Waals surface area contributed by atoms with E-state index in [-0.39, 0.29) is 5.78 Å². The maximum Gasteiger partial charge on any atom is 0.225 e. The molecule has 5 heteroatoms.